The molecule has 0 aromatic rings. The molecule has 6 heteroatoms. The first-order chi connectivity index (χ1) is 10.2. The quantitative estimate of drug-likeness (QED) is 0.696. The zero-order chi connectivity index (χ0) is 14.7. The van der Waals surface area contributed by atoms with Crippen molar-refractivity contribution in [3.63, 3.8) is 0 Å². The van der Waals surface area contributed by atoms with E-state index in [1.165, 1.54) is 7.11 Å². The molecule has 0 amide bonds. The van der Waals surface area contributed by atoms with Crippen molar-refractivity contribution in [3.8, 4) is 0 Å². The van der Waals surface area contributed by atoms with E-state index in [1.807, 2.05) is 0 Å². The second-order valence-corrected chi connectivity index (χ2v) is 6.14. The Labute approximate surface area is 125 Å². The maximum Gasteiger partial charge on any atom is 0.325 e. The molecule has 3 saturated heterocycles. The van der Waals surface area contributed by atoms with E-state index in [9.17, 15) is 4.79 Å². The van der Waals surface area contributed by atoms with Gasteiger partial charge in [0.2, 0.25) is 0 Å². The summed E-state index contributed by atoms with van der Waals surface area (Å²) in [6.45, 7) is 4.21. The monoisotopic (exact) mass is 299 g/mol. The topological polar surface area (TPSA) is 57.2 Å². The number of carbonyl (C=O) groups excluding carboxylic acids is 1. The molecule has 3 aliphatic rings. The normalized spacial score (nSPS) is 33.8. The highest BCUT2D eigenvalue weighted by Gasteiger charge is 2.44. The number of hydrogen-bond acceptors (Lipinski definition) is 6. The molecule has 0 radical (unpaired) electrons. The van der Waals surface area contributed by atoms with Crippen LogP contribution in [-0.2, 0) is 23.7 Å². The fraction of sp³-hybridized carbons (Fsp3) is 0.933. The fourth-order valence-corrected chi connectivity index (χ4v) is 3.77. The van der Waals surface area contributed by atoms with Gasteiger partial charge in [0, 0.05) is 32.4 Å². The van der Waals surface area contributed by atoms with Gasteiger partial charge in [-0.1, -0.05) is 0 Å². The van der Waals surface area contributed by atoms with Gasteiger partial charge < -0.3 is 18.9 Å². The summed E-state index contributed by atoms with van der Waals surface area (Å²) in [5.41, 5.74) is -0.0554. The Kier molecular flexibility index (Phi) is 4.78. The third kappa shape index (κ3) is 3.23. The van der Waals surface area contributed by atoms with Crippen molar-refractivity contribution in [1.29, 1.82) is 0 Å². The molecule has 0 aromatic carbocycles. The molecule has 0 N–H and O–H groups in total. The third-order valence-electron chi connectivity index (χ3n) is 4.98. The Balaban J connectivity index is 1.70. The average Bonchev–Trinajstić information content (AvgIpc) is 2.55. The second-order valence-electron chi connectivity index (χ2n) is 6.14. The Morgan fingerprint density at radius 2 is 2.00 bits per heavy atom. The molecule has 2 unspecified atom stereocenters. The van der Waals surface area contributed by atoms with Gasteiger partial charge in [-0.3, -0.25) is 9.69 Å². The molecule has 2 atom stereocenters. The molecule has 3 fully saturated rings. The first kappa shape index (κ1) is 15.2. The Bertz CT molecular complexity index is 364. The maximum atomic E-state index is 12.0. The Morgan fingerprint density at radius 1 is 1.19 bits per heavy atom. The van der Waals surface area contributed by atoms with Crippen LogP contribution >= 0.6 is 0 Å². The van der Waals surface area contributed by atoms with Crippen LogP contribution in [0.5, 0.6) is 0 Å². The molecular weight excluding hydrogens is 274 g/mol. The van der Waals surface area contributed by atoms with Crippen LogP contribution in [0.3, 0.4) is 0 Å². The molecule has 0 saturated carbocycles. The van der Waals surface area contributed by atoms with Crippen molar-refractivity contribution in [2.75, 3.05) is 46.7 Å². The highest BCUT2D eigenvalue weighted by Crippen LogP contribution is 2.37. The number of morpholine rings is 1. The van der Waals surface area contributed by atoms with Gasteiger partial charge in [-0.25, -0.2) is 0 Å². The summed E-state index contributed by atoms with van der Waals surface area (Å²) in [4.78, 5) is 14.3. The minimum absolute atomic E-state index is 0.0554. The summed E-state index contributed by atoms with van der Waals surface area (Å²) in [5.74, 6) is -0.192. The van der Waals surface area contributed by atoms with E-state index >= 15 is 0 Å². The maximum absolute atomic E-state index is 12.0. The molecule has 120 valence electrons. The molecule has 0 aromatic heterocycles. The zero-order valence-electron chi connectivity index (χ0n) is 12.7. The minimum Gasteiger partial charge on any atom is -0.468 e. The first-order valence-electron chi connectivity index (χ1n) is 7.87. The molecule has 0 aliphatic carbocycles. The van der Waals surface area contributed by atoms with Crippen molar-refractivity contribution in [3.05, 3.63) is 0 Å². The van der Waals surface area contributed by atoms with E-state index in [4.69, 9.17) is 18.9 Å². The summed E-state index contributed by atoms with van der Waals surface area (Å²) >= 11 is 0. The van der Waals surface area contributed by atoms with Crippen LogP contribution in [0.25, 0.3) is 0 Å². The van der Waals surface area contributed by atoms with Crippen molar-refractivity contribution in [2.24, 2.45) is 0 Å². The smallest absolute Gasteiger partial charge is 0.325 e. The summed E-state index contributed by atoms with van der Waals surface area (Å²) in [6.07, 6.45) is 3.85. The van der Waals surface area contributed by atoms with Gasteiger partial charge in [0.1, 0.15) is 6.04 Å². The van der Waals surface area contributed by atoms with Gasteiger partial charge in [-0.15, -0.1) is 0 Å². The summed E-state index contributed by atoms with van der Waals surface area (Å²) in [5, 5.41) is 0. The zero-order valence-corrected chi connectivity index (χ0v) is 12.7. The number of esters is 1. The summed E-state index contributed by atoms with van der Waals surface area (Å²) in [7, 11) is 1.44. The van der Waals surface area contributed by atoms with Crippen LogP contribution in [0.15, 0.2) is 0 Å². The van der Waals surface area contributed by atoms with Gasteiger partial charge in [0.25, 0.3) is 0 Å². The molecule has 3 aliphatic heterocycles. The lowest BCUT2D eigenvalue weighted by molar-refractivity contribution is -0.173. The number of carbonyl (C=O) groups is 1. The molecule has 3 rings (SSSR count). The number of ether oxygens (including phenoxy) is 4. The van der Waals surface area contributed by atoms with Gasteiger partial charge in [0.15, 0.2) is 0 Å². The third-order valence-corrected chi connectivity index (χ3v) is 4.98. The lowest BCUT2D eigenvalue weighted by atomic mass is 9.83. The SMILES string of the molecule is COC(=O)C1COCCN1C1CCOC2(CCOCC2)C1. The molecule has 0 bridgehead atoms. The highest BCUT2D eigenvalue weighted by atomic mass is 16.5. The number of nitrogens with zero attached hydrogens (tertiary/aromatic N) is 1. The van der Waals surface area contributed by atoms with Crippen molar-refractivity contribution in [2.45, 2.75) is 43.4 Å². The minimum atomic E-state index is -0.274. The molecule has 3 heterocycles. The molecule has 6 nitrogen and oxygen atoms in total. The predicted molar refractivity (Wildman–Crippen MR) is 75.1 cm³/mol. The van der Waals surface area contributed by atoms with E-state index in [-0.39, 0.29) is 17.6 Å². The molecule has 1 spiro atoms. The van der Waals surface area contributed by atoms with Crippen LogP contribution in [0.4, 0.5) is 0 Å². The second kappa shape index (κ2) is 6.60. The van der Waals surface area contributed by atoms with Crippen LogP contribution in [-0.4, -0.2) is 75.2 Å². The first-order valence-corrected chi connectivity index (χ1v) is 7.87. The van der Waals surface area contributed by atoms with Crippen LogP contribution < -0.4 is 0 Å². The van der Waals surface area contributed by atoms with E-state index < -0.39 is 0 Å². The Hall–Kier alpha value is -0.690. The van der Waals surface area contributed by atoms with E-state index in [0.29, 0.717) is 19.3 Å². The lowest BCUT2D eigenvalue weighted by Gasteiger charge is -2.48. The average molecular weight is 299 g/mol. The van der Waals surface area contributed by atoms with Gasteiger partial charge in [-0.05, 0) is 25.7 Å². The number of hydrogen-bond donors (Lipinski definition) is 0. The lowest BCUT2D eigenvalue weighted by Crippen LogP contribution is -2.59. The van der Waals surface area contributed by atoms with Crippen LogP contribution in [0, 0.1) is 0 Å². The van der Waals surface area contributed by atoms with Gasteiger partial charge in [-0.2, -0.15) is 0 Å². The van der Waals surface area contributed by atoms with E-state index in [1.54, 1.807) is 0 Å². The Morgan fingerprint density at radius 3 is 2.76 bits per heavy atom. The number of rotatable bonds is 2. The van der Waals surface area contributed by atoms with E-state index in [0.717, 1.165) is 52.0 Å². The largest absolute Gasteiger partial charge is 0.468 e. The fourth-order valence-electron chi connectivity index (χ4n) is 3.77. The van der Waals surface area contributed by atoms with Gasteiger partial charge in [0.05, 0.1) is 25.9 Å². The van der Waals surface area contributed by atoms with Crippen molar-refractivity contribution in [1.82, 2.24) is 4.90 Å². The standard InChI is InChI=1S/C15H25NO5/c1-18-14(17)13-11-20-9-5-16(13)12-2-6-21-15(10-12)3-7-19-8-4-15/h12-13H,2-11H2,1H3. The van der Waals surface area contributed by atoms with Crippen molar-refractivity contribution < 1.29 is 23.7 Å². The van der Waals surface area contributed by atoms with Crippen molar-refractivity contribution >= 4 is 5.97 Å². The van der Waals surface area contributed by atoms with Gasteiger partial charge >= 0.3 is 5.97 Å². The number of methoxy groups -OCH3 is 1. The molecule has 21 heavy (non-hydrogen) atoms. The summed E-state index contributed by atoms with van der Waals surface area (Å²) in [6, 6.07) is 0.0913. The summed E-state index contributed by atoms with van der Waals surface area (Å²) < 4.78 is 22.0. The van der Waals surface area contributed by atoms with E-state index in [2.05, 4.69) is 4.90 Å². The van der Waals surface area contributed by atoms with Crippen LogP contribution in [0.1, 0.15) is 25.7 Å². The highest BCUT2D eigenvalue weighted by molar-refractivity contribution is 5.76. The van der Waals surface area contributed by atoms with Crippen LogP contribution in [0.2, 0.25) is 0 Å². The molecular formula is C15H25NO5. The predicted octanol–water partition coefficient (Wildman–Crippen LogP) is 0.588.